The molecular formula is C7H11F3N. The summed E-state index contributed by atoms with van der Waals surface area (Å²) in [5.41, 5.74) is 0. The molecule has 1 radical (unpaired) electrons. The van der Waals surface area contributed by atoms with Crippen LogP contribution in [0.4, 0.5) is 13.2 Å². The molecule has 65 valence electrons. The lowest BCUT2D eigenvalue weighted by molar-refractivity contribution is -0.171. The minimum absolute atomic E-state index is 0.208. The van der Waals surface area contributed by atoms with E-state index in [1.807, 2.05) is 11.9 Å². The van der Waals surface area contributed by atoms with Gasteiger partial charge in [-0.2, -0.15) is 13.2 Å². The second-order valence-corrected chi connectivity index (χ2v) is 2.93. The minimum atomic E-state index is -4.03. The summed E-state index contributed by atoms with van der Waals surface area (Å²) in [6, 6.07) is 0. The third kappa shape index (κ3) is 2.36. The maximum absolute atomic E-state index is 12.0. The van der Waals surface area contributed by atoms with Gasteiger partial charge in [-0.3, -0.25) is 0 Å². The van der Waals surface area contributed by atoms with Crippen LogP contribution >= 0.6 is 0 Å². The van der Waals surface area contributed by atoms with Gasteiger partial charge in [-0.05, 0) is 26.4 Å². The summed E-state index contributed by atoms with van der Waals surface area (Å²) >= 11 is 0. The number of hydrogen-bond donors (Lipinski definition) is 0. The summed E-state index contributed by atoms with van der Waals surface area (Å²) in [5, 5.41) is 0. The van der Waals surface area contributed by atoms with Crippen LogP contribution in [0.1, 0.15) is 6.42 Å². The van der Waals surface area contributed by atoms with Crippen molar-refractivity contribution in [3.8, 4) is 0 Å². The molecule has 1 atom stereocenters. The van der Waals surface area contributed by atoms with Gasteiger partial charge in [0.25, 0.3) is 0 Å². The molecule has 11 heavy (non-hydrogen) atoms. The van der Waals surface area contributed by atoms with E-state index in [9.17, 15) is 13.2 Å². The van der Waals surface area contributed by atoms with E-state index in [1.54, 1.807) is 0 Å². The molecule has 0 saturated carbocycles. The van der Waals surface area contributed by atoms with Gasteiger partial charge in [0, 0.05) is 6.54 Å². The lowest BCUT2D eigenvalue weighted by Crippen LogP contribution is -2.37. The van der Waals surface area contributed by atoms with Crippen molar-refractivity contribution in [2.24, 2.45) is 5.92 Å². The van der Waals surface area contributed by atoms with E-state index in [0.717, 1.165) is 0 Å². The first-order valence-corrected chi connectivity index (χ1v) is 3.59. The molecule has 0 aromatic heterocycles. The van der Waals surface area contributed by atoms with Gasteiger partial charge in [-0.1, -0.05) is 0 Å². The van der Waals surface area contributed by atoms with Crippen LogP contribution in [0.3, 0.4) is 0 Å². The topological polar surface area (TPSA) is 3.24 Å². The van der Waals surface area contributed by atoms with Gasteiger partial charge < -0.3 is 4.90 Å². The zero-order valence-corrected chi connectivity index (χ0v) is 6.36. The molecule has 1 aliphatic heterocycles. The molecule has 1 aliphatic rings. The van der Waals surface area contributed by atoms with Crippen molar-refractivity contribution >= 4 is 0 Å². The molecule has 1 nitrogen and oxygen atoms in total. The molecule has 0 aromatic carbocycles. The highest BCUT2D eigenvalue weighted by Gasteiger charge is 2.40. The lowest BCUT2D eigenvalue weighted by atomic mass is 9.97. The van der Waals surface area contributed by atoms with Crippen molar-refractivity contribution in [1.29, 1.82) is 0 Å². The number of piperidine rings is 1. The minimum Gasteiger partial charge on any atom is -0.306 e. The number of hydrogen-bond acceptors (Lipinski definition) is 1. The molecule has 0 bridgehead atoms. The molecule has 0 aliphatic carbocycles. The molecule has 1 fully saturated rings. The quantitative estimate of drug-likeness (QED) is 0.529. The van der Waals surface area contributed by atoms with Crippen molar-refractivity contribution in [1.82, 2.24) is 4.90 Å². The van der Waals surface area contributed by atoms with Crippen molar-refractivity contribution < 1.29 is 13.2 Å². The van der Waals surface area contributed by atoms with Gasteiger partial charge in [0.1, 0.15) is 0 Å². The molecule has 1 unspecified atom stereocenters. The van der Waals surface area contributed by atoms with Crippen LogP contribution in [0.2, 0.25) is 0 Å². The Morgan fingerprint density at radius 1 is 1.45 bits per heavy atom. The van der Waals surface area contributed by atoms with E-state index in [0.29, 0.717) is 13.1 Å². The molecule has 1 saturated heterocycles. The Morgan fingerprint density at radius 2 is 2.09 bits per heavy atom. The van der Waals surface area contributed by atoms with Crippen LogP contribution in [0.25, 0.3) is 0 Å². The largest absolute Gasteiger partial charge is 0.392 e. The summed E-state index contributed by atoms with van der Waals surface area (Å²) < 4.78 is 36.1. The van der Waals surface area contributed by atoms with Gasteiger partial charge >= 0.3 is 6.18 Å². The van der Waals surface area contributed by atoms with Crippen LogP contribution in [0.15, 0.2) is 0 Å². The monoisotopic (exact) mass is 166 g/mol. The van der Waals surface area contributed by atoms with Crippen LogP contribution in [0, 0.1) is 12.3 Å². The fourth-order valence-corrected chi connectivity index (χ4v) is 1.17. The highest BCUT2D eigenvalue weighted by Crippen LogP contribution is 2.32. The highest BCUT2D eigenvalue weighted by atomic mass is 19.4. The Morgan fingerprint density at radius 3 is 2.45 bits per heavy atom. The Balaban J connectivity index is 2.39. The number of rotatable bonds is 0. The Kier molecular flexibility index (Phi) is 2.42. The summed E-state index contributed by atoms with van der Waals surface area (Å²) in [7, 11) is 1.82. The van der Waals surface area contributed by atoms with Gasteiger partial charge in [0.2, 0.25) is 0 Å². The fourth-order valence-electron chi connectivity index (χ4n) is 1.17. The van der Waals surface area contributed by atoms with Crippen LogP contribution in [-0.2, 0) is 0 Å². The Labute approximate surface area is 64.2 Å². The standard InChI is InChI=1S/C7H11F3N/c1-11-4-2-6(3-5-11)7(8,9)10/h2,6H,3-5H2,1H3. The third-order valence-corrected chi connectivity index (χ3v) is 1.94. The average molecular weight is 166 g/mol. The summed E-state index contributed by atoms with van der Waals surface area (Å²) in [5.74, 6) is -1.18. The first-order chi connectivity index (χ1) is 5.00. The maximum Gasteiger partial charge on any atom is 0.392 e. The zero-order valence-electron chi connectivity index (χ0n) is 6.36. The summed E-state index contributed by atoms with van der Waals surface area (Å²) in [6.07, 6.45) is -2.48. The first-order valence-electron chi connectivity index (χ1n) is 3.59. The fraction of sp³-hybridized carbons (Fsp3) is 0.857. The Hall–Kier alpha value is -0.250. The van der Waals surface area contributed by atoms with Gasteiger partial charge in [0.05, 0.1) is 5.92 Å². The zero-order chi connectivity index (χ0) is 8.48. The molecule has 0 N–H and O–H groups in total. The number of likely N-dealkylation sites (tertiary alicyclic amines) is 1. The Bertz CT molecular complexity index is 124. The van der Waals surface area contributed by atoms with E-state index in [2.05, 4.69) is 0 Å². The molecule has 1 heterocycles. The van der Waals surface area contributed by atoms with Crippen LogP contribution in [-0.4, -0.2) is 31.2 Å². The molecule has 4 heteroatoms. The predicted molar refractivity (Wildman–Crippen MR) is 36.0 cm³/mol. The summed E-state index contributed by atoms with van der Waals surface area (Å²) in [6.45, 7) is 0.991. The average Bonchev–Trinajstić information content (AvgIpc) is 1.86. The smallest absolute Gasteiger partial charge is 0.306 e. The maximum atomic E-state index is 12.0. The van der Waals surface area contributed by atoms with Gasteiger partial charge in [0.15, 0.2) is 0 Å². The number of alkyl halides is 3. The molecule has 0 amide bonds. The third-order valence-electron chi connectivity index (χ3n) is 1.94. The van der Waals surface area contributed by atoms with Gasteiger partial charge in [-0.25, -0.2) is 0 Å². The SMILES string of the molecule is CN1C[CH]C(C(F)(F)F)CC1. The molecular weight excluding hydrogens is 155 g/mol. The lowest BCUT2D eigenvalue weighted by Gasteiger charge is -2.29. The summed E-state index contributed by atoms with van der Waals surface area (Å²) in [4.78, 5) is 1.88. The second kappa shape index (κ2) is 3.01. The van der Waals surface area contributed by atoms with Crippen LogP contribution < -0.4 is 0 Å². The van der Waals surface area contributed by atoms with E-state index in [4.69, 9.17) is 0 Å². The first kappa shape index (κ1) is 8.84. The van der Waals surface area contributed by atoms with E-state index < -0.39 is 12.1 Å². The molecule has 0 spiro atoms. The number of nitrogens with zero attached hydrogens (tertiary/aromatic N) is 1. The van der Waals surface area contributed by atoms with Crippen molar-refractivity contribution in [3.63, 3.8) is 0 Å². The molecule has 1 rings (SSSR count). The van der Waals surface area contributed by atoms with Crippen molar-refractivity contribution in [3.05, 3.63) is 6.42 Å². The van der Waals surface area contributed by atoms with E-state index in [1.165, 1.54) is 6.42 Å². The second-order valence-electron chi connectivity index (χ2n) is 2.93. The highest BCUT2D eigenvalue weighted by molar-refractivity contribution is 4.88. The van der Waals surface area contributed by atoms with Crippen molar-refractivity contribution in [2.75, 3.05) is 20.1 Å². The normalized spacial score (nSPS) is 24.0. The molecule has 0 aromatic rings. The van der Waals surface area contributed by atoms with E-state index in [-0.39, 0.29) is 6.42 Å². The van der Waals surface area contributed by atoms with Gasteiger partial charge in [-0.15, -0.1) is 0 Å². The number of halogens is 3. The van der Waals surface area contributed by atoms with Crippen LogP contribution in [0.5, 0.6) is 0 Å². The van der Waals surface area contributed by atoms with E-state index >= 15 is 0 Å². The van der Waals surface area contributed by atoms with Crippen molar-refractivity contribution in [2.45, 2.75) is 12.6 Å². The predicted octanol–water partition coefficient (Wildman–Crippen LogP) is 1.70.